The Morgan fingerprint density at radius 1 is 1.57 bits per heavy atom. The fourth-order valence-corrected chi connectivity index (χ4v) is 3.27. The number of nitro groups is 1. The molecular weight excluding hydrogens is 360 g/mol. The van der Waals surface area contributed by atoms with Crippen molar-refractivity contribution >= 4 is 50.1 Å². The predicted molar refractivity (Wildman–Crippen MR) is 84.4 cm³/mol. The zero-order valence-corrected chi connectivity index (χ0v) is 13.6. The predicted octanol–water partition coefficient (Wildman–Crippen LogP) is 2.99. The zero-order chi connectivity index (χ0) is 15.6. The lowest BCUT2D eigenvalue weighted by Gasteiger charge is -2.17. The van der Waals surface area contributed by atoms with Gasteiger partial charge < -0.3 is 4.90 Å². The Morgan fingerprint density at radius 2 is 2.29 bits per heavy atom. The minimum absolute atomic E-state index is 0.00864. The van der Waals surface area contributed by atoms with Crippen LogP contribution in [0, 0.1) is 16.0 Å². The molecule has 1 aliphatic rings. The lowest BCUT2D eigenvalue weighted by Crippen LogP contribution is -2.25. The lowest BCUT2D eigenvalue weighted by molar-refractivity contribution is -0.384. The smallest absolute Gasteiger partial charge is 0.293 e. The summed E-state index contributed by atoms with van der Waals surface area (Å²) in [5.41, 5.74) is 0.209. The van der Waals surface area contributed by atoms with Crippen LogP contribution in [0.25, 0.3) is 0 Å². The maximum atomic E-state index is 12.1. The summed E-state index contributed by atoms with van der Waals surface area (Å²) in [5, 5.41) is 11.1. The van der Waals surface area contributed by atoms with Crippen LogP contribution in [0.3, 0.4) is 0 Å². The number of nitrogens with zero attached hydrogens (tertiary/aromatic N) is 2. The van der Waals surface area contributed by atoms with E-state index in [0.717, 1.165) is 0 Å². The van der Waals surface area contributed by atoms with Crippen molar-refractivity contribution in [2.24, 2.45) is 5.92 Å². The molecule has 0 bridgehead atoms. The van der Waals surface area contributed by atoms with Gasteiger partial charge in [-0.15, -0.1) is 0 Å². The molecule has 0 radical (unpaired) electrons. The van der Waals surface area contributed by atoms with Crippen molar-refractivity contribution in [2.75, 3.05) is 17.2 Å². The maximum absolute atomic E-state index is 12.1. The highest BCUT2D eigenvalue weighted by molar-refractivity contribution is 9.10. The van der Waals surface area contributed by atoms with Gasteiger partial charge in [-0.25, -0.2) is 0 Å². The number of rotatable bonds is 4. The Kier molecular flexibility index (Phi) is 5.00. The molecule has 1 heterocycles. The number of carbonyl (C=O) groups is 2. The minimum atomic E-state index is -0.493. The van der Waals surface area contributed by atoms with Crippen LogP contribution in [-0.4, -0.2) is 28.2 Å². The molecule has 1 atom stereocenters. The molecule has 21 heavy (non-hydrogen) atoms. The number of halogens is 1. The number of hydrogen-bond acceptors (Lipinski definition) is 5. The van der Waals surface area contributed by atoms with E-state index in [1.165, 1.54) is 29.7 Å². The molecule has 1 amide bonds. The first-order valence-corrected chi connectivity index (χ1v) is 8.04. The van der Waals surface area contributed by atoms with Crippen LogP contribution in [0.15, 0.2) is 22.7 Å². The molecule has 112 valence electrons. The summed E-state index contributed by atoms with van der Waals surface area (Å²) in [5.74, 6) is 0.440. The number of carbonyl (C=O) groups excluding carboxylic acids is 2. The van der Waals surface area contributed by atoms with E-state index in [0.29, 0.717) is 28.9 Å². The first-order valence-electron chi connectivity index (χ1n) is 6.26. The lowest BCUT2D eigenvalue weighted by atomic mass is 10.1. The summed E-state index contributed by atoms with van der Waals surface area (Å²) < 4.78 is 0.678. The molecule has 1 aromatic rings. The molecule has 6 nitrogen and oxygen atoms in total. The van der Waals surface area contributed by atoms with Gasteiger partial charge in [-0.2, -0.15) is 0 Å². The average molecular weight is 373 g/mol. The van der Waals surface area contributed by atoms with Gasteiger partial charge in [0.15, 0.2) is 5.12 Å². The van der Waals surface area contributed by atoms with Crippen molar-refractivity contribution in [1.82, 2.24) is 0 Å². The Bertz CT molecular complexity index is 608. The quantitative estimate of drug-likeness (QED) is 0.599. The van der Waals surface area contributed by atoms with E-state index in [-0.39, 0.29) is 22.6 Å². The molecule has 1 fully saturated rings. The number of hydrogen-bond donors (Lipinski definition) is 0. The summed E-state index contributed by atoms with van der Waals surface area (Å²) in [6.45, 7) is 1.88. The minimum Gasteiger partial charge on any atom is -0.306 e. The summed E-state index contributed by atoms with van der Waals surface area (Å²) in [6, 6.07) is 4.53. The first-order chi connectivity index (χ1) is 9.88. The molecule has 1 unspecified atom stereocenters. The third-order valence-electron chi connectivity index (χ3n) is 3.15. The first kappa shape index (κ1) is 16.0. The number of amides is 1. The van der Waals surface area contributed by atoms with Gasteiger partial charge in [0.05, 0.1) is 4.92 Å². The average Bonchev–Trinajstić information content (AvgIpc) is 2.77. The number of nitro benzene ring substituents is 1. The molecule has 2 rings (SSSR count). The summed E-state index contributed by atoms with van der Waals surface area (Å²) in [7, 11) is 0. The zero-order valence-electron chi connectivity index (χ0n) is 11.2. The van der Waals surface area contributed by atoms with E-state index in [2.05, 4.69) is 15.9 Å². The molecular formula is C13H13BrN2O4S. The van der Waals surface area contributed by atoms with Crippen LogP contribution in [0.1, 0.15) is 13.3 Å². The monoisotopic (exact) mass is 372 g/mol. The molecule has 0 aliphatic carbocycles. The van der Waals surface area contributed by atoms with Crippen molar-refractivity contribution in [3.8, 4) is 0 Å². The standard InChI is InChI=1S/C13H13BrN2O4S/c1-8(17)21-7-9-4-13(18)15(6-9)12-5-10(14)2-3-11(12)16(19)20/h2-3,5,9H,4,6-7H2,1H3. The molecule has 0 spiro atoms. The fraction of sp³-hybridized carbons (Fsp3) is 0.385. The SMILES string of the molecule is CC(=O)SCC1CC(=O)N(c2cc(Br)ccc2[N+](=O)[O-])C1. The molecule has 8 heteroatoms. The van der Waals surface area contributed by atoms with Gasteiger partial charge in [-0.3, -0.25) is 19.7 Å². The molecule has 1 aromatic carbocycles. The van der Waals surface area contributed by atoms with Gasteiger partial charge in [0.2, 0.25) is 5.91 Å². The van der Waals surface area contributed by atoms with E-state index in [4.69, 9.17) is 0 Å². The fourth-order valence-electron chi connectivity index (χ4n) is 2.23. The van der Waals surface area contributed by atoms with Crippen LogP contribution >= 0.6 is 27.7 Å². The molecule has 0 N–H and O–H groups in total. The summed E-state index contributed by atoms with van der Waals surface area (Å²) in [4.78, 5) is 35.1. The number of thioether (sulfide) groups is 1. The molecule has 0 saturated carbocycles. The topological polar surface area (TPSA) is 80.5 Å². The summed E-state index contributed by atoms with van der Waals surface area (Å²) in [6.07, 6.45) is 0.309. The highest BCUT2D eigenvalue weighted by atomic mass is 79.9. The van der Waals surface area contributed by atoms with Gasteiger partial charge in [-0.1, -0.05) is 27.7 Å². The largest absolute Gasteiger partial charge is 0.306 e. The van der Waals surface area contributed by atoms with E-state index >= 15 is 0 Å². The third kappa shape index (κ3) is 3.82. The normalized spacial score (nSPS) is 18.1. The van der Waals surface area contributed by atoms with Crippen molar-refractivity contribution in [3.63, 3.8) is 0 Å². The molecule has 1 aliphatic heterocycles. The number of benzene rings is 1. The molecule has 1 saturated heterocycles. The van der Waals surface area contributed by atoms with Crippen LogP contribution < -0.4 is 4.90 Å². The van der Waals surface area contributed by atoms with E-state index in [9.17, 15) is 19.7 Å². The van der Waals surface area contributed by atoms with E-state index in [1.807, 2.05) is 0 Å². The number of anilines is 1. The van der Waals surface area contributed by atoms with E-state index < -0.39 is 4.92 Å². The van der Waals surface area contributed by atoms with Crippen LogP contribution in [0.2, 0.25) is 0 Å². The van der Waals surface area contributed by atoms with Gasteiger partial charge in [0.1, 0.15) is 5.69 Å². The Labute approximate surface area is 134 Å². The second kappa shape index (κ2) is 6.57. The third-order valence-corrected chi connectivity index (χ3v) is 4.69. The second-order valence-electron chi connectivity index (χ2n) is 4.77. The second-order valence-corrected chi connectivity index (χ2v) is 6.88. The molecule has 0 aromatic heterocycles. The van der Waals surface area contributed by atoms with Crippen molar-refractivity contribution in [1.29, 1.82) is 0 Å². The van der Waals surface area contributed by atoms with Gasteiger partial charge in [0, 0.05) is 36.2 Å². The Balaban J connectivity index is 2.22. The maximum Gasteiger partial charge on any atom is 0.293 e. The van der Waals surface area contributed by atoms with Crippen LogP contribution in [0.5, 0.6) is 0 Å². The van der Waals surface area contributed by atoms with Crippen molar-refractivity contribution in [2.45, 2.75) is 13.3 Å². The van der Waals surface area contributed by atoms with Gasteiger partial charge in [0.25, 0.3) is 5.69 Å². The van der Waals surface area contributed by atoms with Gasteiger partial charge in [-0.05, 0) is 18.1 Å². The highest BCUT2D eigenvalue weighted by Crippen LogP contribution is 2.35. The van der Waals surface area contributed by atoms with E-state index in [1.54, 1.807) is 12.1 Å². The Morgan fingerprint density at radius 3 is 2.90 bits per heavy atom. The van der Waals surface area contributed by atoms with Gasteiger partial charge >= 0.3 is 0 Å². The van der Waals surface area contributed by atoms with Crippen molar-refractivity contribution < 1.29 is 14.5 Å². The van der Waals surface area contributed by atoms with Crippen LogP contribution in [-0.2, 0) is 9.59 Å². The highest BCUT2D eigenvalue weighted by Gasteiger charge is 2.34. The van der Waals surface area contributed by atoms with Crippen LogP contribution in [0.4, 0.5) is 11.4 Å². The summed E-state index contributed by atoms with van der Waals surface area (Å²) >= 11 is 4.45. The Hall–Kier alpha value is -1.41. The van der Waals surface area contributed by atoms with Crippen molar-refractivity contribution in [3.05, 3.63) is 32.8 Å².